The van der Waals surface area contributed by atoms with E-state index < -0.39 is 0 Å². The molecule has 5 heteroatoms. The first kappa shape index (κ1) is 21.5. The molecule has 2 aromatic heterocycles. The van der Waals surface area contributed by atoms with Gasteiger partial charge in [0, 0.05) is 54.5 Å². The lowest BCUT2D eigenvalue weighted by molar-refractivity contribution is 0.305. The van der Waals surface area contributed by atoms with Gasteiger partial charge in [-0.1, -0.05) is 36.4 Å². The van der Waals surface area contributed by atoms with Crippen LogP contribution in [-0.4, -0.2) is 39.3 Å². The summed E-state index contributed by atoms with van der Waals surface area (Å²) >= 11 is 0. The zero-order valence-corrected chi connectivity index (χ0v) is 19.5. The predicted octanol–water partition coefficient (Wildman–Crippen LogP) is 5.86. The number of aromatic nitrogens is 3. The van der Waals surface area contributed by atoms with Crippen molar-refractivity contribution >= 4 is 16.5 Å². The van der Waals surface area contributed by atoms with Crippen LogP contribution in [-0.2, 0) is 13.0 Å². The van der Waals surface area contributed by atoms with Gasteiger partial charge >= 0.3 is 0 Å². The summed E-state index contributed by atoms with van der Waals surface area (Å²) in [5, 5.41) is 5.70. The minimum Gasteiger partial charge on any atom is -0.489 e. The molecule has 4 aromatic rings. The molecule has 5 rings (SSSR count). The molecule has 33 heavy (non-hydrogen) atoms. The van der Waals surface area contributed by atoms with Crippen LogP contribution in [0.15, 0.2) is 73.2 Å². The van der Waals surface area contributed by atoms with Crippen molar-refractivity contribution in [2.24, 2.45) is 0 Å². The van der Waals surface area contributed by atoms with E-state index in [0.717, 1.165) is 43.7 Å². The van der Waals surface area contributed by atoms with Crippen LogP contribution in [0, 0.1) is 0 Å². The summed E-state index contributed by atoms with van der Waals surface area (Å²) in [7, 11) is 0. The Morgan fingerprint density at radius 2 is 1.97 bits per heavy atom. The van der Waals surface area contributed by atoms with Crippen LogP contribution in [0.1, 0.15) is 43.0 Å². The standard InChI is InChI=1S/C28H32N4O/c1-21(2)32-19-23(17-30-32)10-13-31-14-11-24(12-15-31)27-18-29-28-9-8-25(16-26(27)28)33-20-22-6-4-3-5-7-22/h3-9,11,16-19,21,29H,10,12-15,20H2,1-2H3. The maximum atomic E-state index is 6.07. The first-order valence-corrected chi connectivity index (χ1v) is 11.9. The SMILES string of the molecule is CC(C)n1cc(CCN2CC=C(c3c[nH]c4ccc(OCc5ccccc5)cc34)CC2)cn1. The van der Waals surface area contributed by atoms with Crippen LogP contribution in [0.4, 0.5) is 0 Å². The Balaban J connectivity index is 1.23. The summed E-state index contributed by atoms with van der Waals surface area (Å²) in [6, 6.07) is 17.1. The molecular formula is C28H32N4O. The molecule has 3 heterocycles. The van der Waals surface area contributed by atoms with Crippen LogP contribution in [0.3, 0.4) is 0 Å². The second-order valence-electron chi connectivity index (χ2n) is 9.14. The van der Waals surface area contributed by atoms with Crippen molar-refractivity contribution in [1.82, 2.24) is 19.7 Å². The van der Waals surface area contributed by atoms with Gasteiger partial charge in [0.25, 0.3) is 0 Å². The number of rotatable bonds is 8. The van der Waals surface area contributed by atoms with E-state index in [1.54, 1.807) is 0 Å². The third-order valence-electron chi connectivity index (χ3n) is 6.44. The van der Waals surface area contributed by atoms with Crippen molar-refractivity contribution in [1.29, 1.82) is 0 Å². The van der Waals surface area contributed by atoms with Crippen LogP contribution < -0.4 is 4.74 Å². The quantitative estimate of drug-likeness (QED) is 0.373. The average Bonchev–Trinajstić information content (AvgIpc) is 3.50. The van der Waals surface area contributed by atoms with E-state index >= 15 is 0 Å². The van der Waals surface area contributed by atoms with Gasteiger partial charge in [-0.15, -0.1) is 0 Å². The average molecular weight is 441 g/mol. The van der Waals surface area contributed by atoms with Gasteiger partial charge < -0.3 is 9.72 Å². The van der Waals surface area contributed by atoms with Gasteiger partial charge in [0.1, 0.15) is 12.4 Å². The number of nitrogens with one attached hydrogen (secondary N) is 1. The normalized spacial score (nSPS) is 14.7. The molecule has 0 saturated heterocycles. The Labute approximate surface area is 195 Å². The van der Waals surface area contributed by atoms with Crippen molar-refractivity contribution in [2.45, 2.75) is 39.3 Å². The Morgan fingerprint density at radius 1 is 1.09 bits per heavy atom. The van der Waals surface area contributed by atoms with Gasteiger partial charge in [-0.25, -0.2) is 0 Å². The van der Waals surface area contributed by atoms with Gasteiger partial charge in [0.05, 0.1) is 6.20 Å². The summed E-state index contributed by atoms with van der Waals surface area (Å²) in [5.74, 6) is 0.909. The van der Waals surface area contributed by atoms with Gasteiger partial charge in [0.2, 0.25) is 0 Å². The zero-order chi connectivity index (χ0) is 22.6. The minimum absolute atomic E-state index is 0.416. The minimum atomic E-state index is 0.416. The summed E-state index contributed by atoms with van der Waals surface area (Å²) in [6.07, 6.45) is 10.8. The number of aromatic amines is 1. The Kier molecular flexibility index (Phi) is 6.31. The summed E-state index contributed by atoms with van der Waals surface area (Å²) in [4.78, 5) is 5.96. The second-order valence-corrected chi connectivity index (χ2v) is 9.14. The molecule has 170 valence electrons. The highest BCUT2D eigenvalue weighted by Crippen LogP contribution is 2.31. The predicted molar refractivity (Wildman–Crippen MR) is 134 cm³/mol. The summed E-state index contributed by atoms with van der Waals surface area (Å²) in [5.41, 5.74) is 6.37. The van der Waals surface area contributed by atoms with E-state index in [1.807, 2.05) is 35.1 Å². The largest absolute Gasteiger partial charge is 0.489 e. The van der Waals surface area contributed by atoms with Crippen LogP contribution >= 0.6 is 0 Å². The summed E-state index contributed by atoms with van der Waals surface area (Å²) in [6.45, 7) is 8.05. The fraction of sp³-hybridized carbons (Fsp3) is 0.321. The second kappa shape index (κ2) is 9.67. The lowest BCUT2D eigenvalue weighted by Crippen LogP contribution is -2.30. The lowest BCUT2D eigenvalue weighted by Gasteiger charge is -2.26. The molecule has 2 aromatic carbocycles. The van der Waals surface area contributed by atoms with Gasteiger partial charge in [-0.3, -0.25) is 9.58 Å². The molecule has 0 amide bonds. The fourth-order valence-electron chi connectivity index (χ4n) is 4.43. The van der Waals surface area contributed by atoms with Crippen molar-refractivity contribution in [2.75, 3.05) is 19.6 Å². The van der Waals surface area contributed by atoms with Crippen LogP contribution in [0.25, 0.3) is 16.5 Å². The Morgan fingerprint density at radius 3 is 2.73 bits per heavy atom. The molecule has 5 nitrogen and oxygen atoms in total. The number of fused-ring (bicyclic) bond motifs is 1. The number of ether oxygens (including phenoxy) is 1. The Hall–Kier alpha value is -3.31. The van der Waals surface area contributed by atoms with E-state index in [2.05, 4.69) is 71.6 Å². The zero-order valence-electron chi connectivity index (χ0n) is 19.5. The maximum Gasteiger partial charge on any atom is 0.120 e. The number of benzene rings is 2. The highest BCUT2D eigenvalue weighted by molar-refractivity contribution is 5.93. The van der Waals surface area contributed by atoms with E-state index in [0.29, 0.717) is 12.6 Å². The monoisotopic (exact) mass is 440 g/mol. The fourth-order valence-corrected chi connectivity index (χ4v) is 4.43. The lowest BCUT2D eigenvalue weighted by atomic mass is 9.98. The third kappa shape index (κ3) is 5.04. The molecule has 0 unspecified atom stereocenters. The first-order valence-electron chi connectivity index (χ1n) is 11.9. The van der Waals surface area contributed by atoms with Gasteiger partial charge in [-0.05, 0) is 61.6 Å². The van der Waals surface area contributed by atoms with E-state index in [-0.39, 0.29) is 0 Å². The van der Waals surface area contributed by atoms with Gasteiger partial charge in [-0.2, -0.15) is 5.10 Å². The molecule has 0 aliphatic carbocycles. The van der Waals surface area contributed by atoms with Gasteiger partial charge in [0.15, 0.2) is 0 Å². The molecule has 0 radical (unpaired) electrons. The molecular weight excluding hydrogens is 408 g/mol. The van der Waals surface area contributed by atoms with E-state index in [4.69, 9.17) is 4.74 Å². The van der Waals surface area contributed by atoms with Crippen molar-refractivity contribution in [3.05, 3.63) is 89.9 Å². The molecule has 1 N–H and O–H groups in total. The van der Waals surface area contributed by atoms with Crippen molar-refractivity contribution < 1.29 is 4.74 Å². The van der Waals surface area contributed by atoms with Crippen molar-refractivity contribution in [3.63, 3.8) is 0 Å². The molecule has 0 fully saturated rings. The number of hydrogen-bond acceptors (Lipinski definition) is 3. The third-order valence-corrected chi connectivity index (χ3v) is 6.44. The highest BCUT2D eigenvalue weighted by Gasteiger charge is 2.16. The molecule has 0 saturated carbocycles. The smallest absolute Gasteiger partial charge is 0.120 e. The van der Waals surface area contributed by atoms with Crippen LogP contribution in [0.5, 0.6) is 5.75 Å². The number of hydrogen-bond donors (Lipinski definition) is 1. The summed E-state index contributed by atoms with van der Waals surface area (Å²) < 4.78 is 8.11. The van der Waals surface area contributed by atoms with E-state index in [1.165, 1.54) is 27.6 Å². The number of nitrogens with zero attached hydrogens (tertiary/aromatic N) is 3. The molecule has 1 aliphatic rings. The van der Waals surface area contributed by atoms with Crippen molar-refractivity contribution in [3.8, 4) is 5.75 Å². The van der Waals surface area contributed by atoms with Crippen LogP contribution in [0.2, 0.25) is 0 Å². The molecule has 0 bridgehead atoms. The van der Waals surface area contributed by atoms with E-state index in [9.17, 15) is 0 Å². The molecule has 0 spiro atoms. The number of H-pyrrole nitrogens is 1. The highest BCUT2D eigenvalue weighted by atomic mass is 16.5. The Bertz CT molecular complexity index is 1240. The molecule has 1 aliphatic heterocycles. The first-order chi connectivity index (χ1) is 16.2. The molecule has 0 atom stereocenters. The topological polar surface area (TPSA) is 46.1 Å². The maximum absolute atomic E-state index is 6.07.